The summed E-state index contributed by atoms with van der Waals surface area (Å²) in [4.78, 5) is 0. The molecule has 1 N–H and O–H groups in total. The molecule has 0 spiro atoms. The molecular formula is C8H18O2. The highest BCUT2D eigenvalue weighted by molar-refractivity contribution is 4.62. The van der Waals surface area contributed by atoms with Crippen LogP contribution >= 0.6 is 0 Å². The van der Waals surface area contributed by atoms with Crippen molar-refractivity contribution in [3.8, 4) is 0 Å². The number of rotatable bonds is 3. The Morgan fingerprint density at radius 3 is 2.20 bits per heavy atom. The molecule has 0 bridgehead atoms. The van der Waals surface area contributed by atoms with Gasteiger partial charge in [-0.3, -0.25) is 0 Å². The molecule has 1 atom stereocenters. The molecule has 0 amide bonds. The molecule has 2 heteroatoms. The average molecular weight is 146 g/mol. The molecule has 2 nitrogen and oxygen atoms in total. The monoisotopic (exact) mass is 146 g/mol. The summed E-state index contributed by atoms with van der Waals surface area (Å²) in [6.45, 7) is 8.70. The maximum Gasteiger partial charge on any atom is 0.155 e. The van der Waals surface area contributed by atoms with Crippen LogP contribution in [0.25, 0.3) is 0 Å². The minimum Gasteiger partial charge on any atom is -0.368 e. The van der Waals surface area contributed by atoms with Crippen molar-refractivity contribution in [1.29, 1.82) is 0 Å². The van der Waals surface area contributed by atoms with Gasteiger partial charge in [-0.1, -0.05) is 20.8 Å². The summed E-state index contributed by atoms with van der Waals surface area (Å²) in [7, 11) is 0. The lowest BCUT2D eigenvalue weighted by atomic mass is 9.92. The molecule has 0 radical (unpaired) electrons. The molecule has 0 aromatic heterocycles. The third-order valence-electron chi connectivity index (χ3n) is 1.15. The van der Waals surface area contributed by atoms with Crippen LogP contribution < -0.4 is 0 Å². The number of aliphatic hydroxyl groups is 1. The zero-order valence-electron chi connectivity index (χ0n) is 7.35. The van der Waals surface area contributed by atoms with Crippen LogP contribution in [-0.2, 0) is 4.74 Å². The van der Waals surface area contributed by atoms with Gasteiger partial charge in [0.1, 0.15) is 0 Å². The Bertz CT molecular complexity index is 83.7. The quantitative estimate of drug-likeness (QED) is 0.615. The van der Waals surface area contributed by atoms with Crippen molar-refractivity contribution < 1.29 is 9.84 Å². The summed E-state index contributed by atoms with van der Waals surface area (Å²) < 4.78 is 4.97. The second-order valence-corrected chi connectivity index (χ2v) is 3.67. The zero-order valence-corrected chi connectivity index (χ0v) is 7.35. The van der Waals surface area contributed by atoms with E-state index in [0.717, 1.165) is 0 Å². The van der Waals surface area contributed by atoms with Gasteiger partial charge in [0.05, 0.1) is 0 Å². The van der Waals surface area contributed by atoms with Gasteiger partial charge < -0.3 is 9.84 Å². The average Bonchev–Trinajstić information content (AvgIpc) is 1.59. The van der Waals surface area contributed by atoms with Crippen LogP contribution in [0.15, 0.2) is 0 Å². The van der Waals surface area contributed by atoms with Gasteiger partial charge in [0.15, 0.2) is 6.29 Å². The molecule has 62 valence electrons. The highest BCUT2D eigenvalue weighted by Gasteiger charge is 2.15. The third-order valence-corrected chi connectivity index (χ3v) is 1.15. The van der Waals surface area contributed by atoms with Gasteiger partial charge in [-0.15, -0.1) is 0 Å². The summed E-state index contributed by atoms with van der Waals surface area (Å²) in [5.41, 5.74) is 0.147. The summed E-state index contributed by atoms with van der Waals surface area (Å²) in [6, 6.07) is 0. The Labute approximate surface area is 63.2 Å². The Morgan fingerprint density at radius 2 is 1.90 bits per heavy atom. The van der Waals surface area contributed by atoms with E-state index in [2.05, 4.69) is 20.8 Å². The maximum absolute atomic E-state index is 9.16. The standard InChI is InChI=1S/C8H18O2/c1-5-10-7(9)6-8(2,3)4/h7,9H,5-6H2,1-4H3/t7-/m1/s1. The summed E-state index contributed by atoms with van der Waals surface area (Å²) in [5, 5.41) is 9.16. The third kappa shape index (κ3) is 6.05. The van der Waals surface area contributed by atoms with E-state index in [1.165, 1.54) is 0 Å². The van der Waals surface area contributed by atoms with Crippen LogP contribution in [-0.4, -0.2) is 18.0 Å². The SMILES string of the molecule is CCO[C@@H](O)CC(C)(C)C. The largest absolute Gasteiger partial charge is 0.368 e. The fourth-order valence-electron chi connectivity index (χ4n) is 0.775. The minimum atomic E-state index is -0.593. The Balaban J connectivity index is 3.47. The lowest BCUT2D eigenvalue weighted by molar-refractivity contribution is -0.113. The van der Waals surface area contributed by atoms with Crippen LogP contribution in [0.5, 0.6) is 0 Å². The van der Waals surface area contributed by atoms with Crippen molar-refractivity contribution in [2.45, 2.75) is 40.4 Å². The Kier molecular flexibility index (Phi) is 3.91. The van der Waals surface area contributed by atoms with Gasteiger partial charge >= 0.3 is 0 Å². The van der Waals surface area contributed by atoms with Gasteiger partial charge in [-0.25, -0.2) is 0 Å². The van der Waals surface area contributed by atoms with E-state index in [-0.39, 0.29) is 5.41 Å². The molecule has 0 fully saturated rings. The molecule has 0 aliphatic carbocycles. The van der Waals surface area contributed by atoms with Gasteiger partial charge in [0.2, 0.25) is 0 Å². The first-order chi connectivity index (χ1) is 4.45. The van der Waals surface area contributed by atoms with Crippen LogP contribution in [0.4, 0.5) is 0 Å². The molecule has 0 aliphatic rings. The number of aliphatic hydroxyl groups excluding tert-OH is 1. The molecular weight excluding hydrogens is 128 g/mol. The lowest BCUT2D eigenvalue weighted by Crippen LogP contribution is -2.20. The van der Waals surface area contributed by atoms with Gasteiger partial charge in [-0.05, 0) is 12.3 Å². The van der Waals surface area contributed by atoms with Crippen LogP contribution in [0.1, 0.15) is 34.1 Å². The molecule has 0 aromatic carbocycles. The fraction of sp³-hybridized carbons (Fsp3) is 1.00. The van der Waals surface area contributed by atoms with Crippen LogP contribution in [0.2, 0.25) is 0 Å². The van der Waals surface area contributed by atoms with Crippen molar-refractivity contribution >= 4 is 0 Å². The van der Waals surface area contributed by atoms with E-state index in [9.17, 15) is 0 Å². The van der Waals surface area contributed by atoms with E-state index < -0.39 is 6.29 Å². The maximum atomic E-state index is 9.16. The normalized spacial score (nSPS) is 15.3. The predicted octanol–water partition coefficient (Wildman–Crippen LogP) is 1.78. The molecule has 10 heavy (non-hydrogen) atoms. The smallest absolute Gasteiger partial charge is 0.155 e. The van der Waals surface area contributed by atoms with Gasteiger partial charge in [0.25, 0.3) is 0 Å². The van der Waals surface area contributed by atoms with E-state index in [1.54, 1.807) is 0 Å². The fourth-order valence-corrected chi connectivity index (χ4v) is 0.775. The van der Waals surface area contributed by atoms with E-state index in [1.807, 2.05) is 6.92 Å². The van der Waals surface area contributed by atoms with Crippen molar-refractivity contribution in [3.05, 3.63) is 0 Å². The van der Waals surface area contributed by atoms with Crippen molar-refractivity contribution in [3.63, 3.8) is 0 Å². The van der Waals surface area contributed by atoms with Crippen molar-refractivity contribution in [1.82, 2.24) is 0 Å². The number of hydrogen-bond acceptors (Lipinski definition) is 2. The van der Waals surface area contributed by atoms with E-state index in [0.29, 0.717) is 13.0 Å². The second kappa shape index (κ2) is 3.94. The van der Waals surface area contributed by atoms with E-state index in [4.69, 9.17) is 9.84 Å². The molecule has 0 aliphatic heterocycles. The molecule has 0 rings (SSSR count). The van der Waals surface area contributed by atoms with Gasteiger partial charge in [-0.2, -0.15) is 0 Å². The predicted molar refractivity (Wildman–Crippen MR) is 41.7 cm³/mol. The first kappa shape index (κ1) is 9.92. The first-order valence-electron chi connectivity index (χ1n) is 3.75. The first-order valence-corrected chi connectivity index (χ1v) is 3.75. The molecule has 0 heterocycles. The van der Waals surface area contributed by atoms with Crippen molar-refractivity contribution in [2.75, 3.05) is 6.61 Å². The molecule has 0 aromatic rings. The van der Waals surface area contributed by atoms with Crippen molar-refractivity contribution in [2.24, 2.45) is 5.41 Å². The molecule has 0 saturated heterocycles. The minimum absolute atomic E-state index is 0.147. The summed E-state index contributed by atoms with van der Waals surface area (Å²) >= 11 is 0. The Morgan fingerprint density at radius 1 is 1.40 bits per heavy atom. The molecule has 0 saturated carbocycles. The lowest BCUT2D eigenvalue weighted by Gasteiger charge is -2.21. The van der Waals surface area contributed by atoms with Gasteiger partial charge in [0, 0.05) is 13.0 Å². The van der Waals surface area contributed by atoms with E-state index >= 15 is 0 Å². The van der Waals surface area contributed by atoms with Crippen LogP contribution in [0, 0.1) is 5.41 Å². The number of ether oxygens (including phenoxy) is 1. The zero-order chi connectivity index (χ0) is 8.20. The summed E-state index contributed by atoms with van der Waals surface area (Å²) in [6.07, 6.45) is 0.103. The Hall–Kier alpha value is -0.0800. The van der Waals surface area contributed by atoms with Crippen LogP contribution in [0.3, 0.4) is 0 Å². The highest BCUT2D eigenvalue weighted by atomic mass is 16.6. The topological polar surface area (TPSA) is 29.5 Å². The summed E-state index contributed by atoms with van der Waals surface area (Å²) in [5.74, 6) is 0. The second-order valence-electron chi connectivity index (χ2n) is 3.67. The number of hydrogen-bond donors (Lipinski definition) is 1. The highest BCUT2D eigenvalue weighted by Crippen LogP contribution is 2.20. The molecule has 0 unspecified atom stereocenters.